The van der Waals surface area contributed by atoms with E-state index in [1.165, 1.54) is 12.1 Å². The van der Waals surface area contributed by atoms with E-state index >= 15 is 0 Å². The van der Waals surface area contributed by atoms with Crippen molar-refractivity contribution in [3.05, 3.63) is 59.9 Å². The highest BCUT2D eigenvalue weighted by Crippen LogP contribution is 2.18. The molecule has 1 fully saturated rings. The Morgan fingerprint density at radius 3 is 2.70 bits per heavy atom. The summed E-state index contributed by atoms with van der Waals surface area (Å²) in [7, 11) is 0. The van der Waals surface area contributed by atoms with Crippen molar-refractivity contribution in [2.45, 2.75) is 19.4 Å². The topological polar surface area (TPSA) is 62.2 Å². The van der Waals surface area contributed by atoms with Crippen LogP contribution in [0, 0.1) is 5.82 Å². The molecule has 1 unspecified atom stereocenters. The molecule has 0 bridgehead atoms. The smallest absolute Gasteiger partial charge is 0.338 e. The van der Waals surface area contributed by atoms with Gasteiger partial charge in [-0.1, -0.05) is 6.07 Å². The molecule has 1 aliphatic rings. The number of aliphatic hydroxyl groups is 1. The summed E-state index contributed by atoms with van der Waals surface area (Å²) >= 11 is 0. The molecule has 2 aromatic rings. The fourth-order valence-corrected chi connectivity index (χ4v) is 3.53. The van der Waals surface area contributed by atoms with Gasteiger partial charge in [-0.05, 0) is 62.4 Å². The van der Waals surface area contributed by atoms with Gasteiger partial charge < -0.3 is 19.5 Å². The summed E-state index contributed by atoms with van der Waals surface area (Å²) in [4.78, 5) is 16.3. The number of carbonyl (C=O) groups excluding carboxylic acids is 1. The van der Waals surface area contributed by atoms with Crippen molar-refractivity contribution in [3.8, 4) is 5.75 Å². The fraction of sp³-hybridized carbons (Fsp3) is 0.435. The number of anilines is 1. The van der Waals surface area contributed by atoms with Gasteiger partial charge in [0.15, 0.2) is 0 Å². The van der Waals surface area contributed by atoms with Crippen molar-refractivity contribution >= 4 is 11.7 Å². The molecule has 6 nitrogen and oxygen atoms in total. The molecule has 0 amide bonds. The molecular formula is C23H29FN2O4. The maximum absolute atomic E-state index is 13.1. The van der Waals surface area contributed by atoms with Gasteiger partial charge in [0, 0.05) is 31.9 Å². The number of hydrogen-bond donors (Lipinski definition) is 1. The van der Waals surface area contributed by atoms with Gasteiger partial charge in [-0.2, -0.15) is 0 Å². The first-order valence-corrected chi connectivity index (χ1v) is 10.4. The number of rotatable bonds is 8. The molecule has 1 saturated heterocycles. The third-order valence-electron chi connectivity index (χ3n) is 5.04. The molecule has 0 aliphatic carbocycles. The van der Waals surface area contributed by atoms with Gasteiger partial charge in [0.25, 0.3) is 0 Å². The third kappa shape index (κ3) is 6.43. The zero-order valence-corrected chi connectivity index (χ0v) is 17.3. The van der Waals surface area contributed by atoms with Crippen molar-refractivity contribution < 1.29 is 23.8 Å². The summed E-state index contributed by atoms with van der Waals surface area (Å²) in [5, 5.41) is 10.4. The molecule has 2 aromatic carbocycles. The quantitative estimate of drug-likeness (QED) is 0.668. The van der Waals surface area contributed by atoms with Crippen molar-refractivity contribution in [3.63, 3.8) is 0 Å². The highest BCUT2D eigenvalue weighted by molar-refractivity contribution is 5.89. The van der Waals surface area contributed by atoms with E-state index in [2.05, 4.69) is 9.80 Å². The number of ether oxygens (including phenoxy) is 2. The van der Waals surface area contributed by atoms with Crippen LogP contribution in [0.4, 0.5) is 10.1 Å². The van der Waals surface area contributed by atoms with E-state index in [1.807, 2.05) is 0 Å². The van der Waals surface area contributed by atoms with Crippen LogP contribution in [0.15, 0.2) is 48.5 Å². The fourth-order valence-electron chi connectivity index (χ4n) is 3.53. The van der Waals surface area contributed by atoms with E-state index in [9.17, 15) is 14.3 Å². The molecule has 30 heavy (non-hydrogen) atoms. The first-order valence-electron chi connectivity index (χ1n) is 10.4. The van der Waals surface area contributed by atoms with Gasteiger partial charge in [0.05, 0.1) is 12.2 Å². The average molecular weight is 416 g/mol. The summed E-state index contributed by atoms with van der Waals surface area (Å²) in [5.41, 5.74) is 1.45. The first-order chi connectivity index (χ1) is 14.5. The summed E-state index contributed by atoms with van der Waals surface area (Å²) in [5.74, 6) is -0.0946. The highest BCUT2D eigenvalue weighted by Gasteiger charge is 2.18. The summed E-state index contributed by atoms with van der Waals surface area (Å²) in [6, 6.07) is 13.3. The lowest BCUT2D eigenvalue weighted by molar-refractivity contribution is 0.0525. The van der Waals surface area contributed by atoms with Crippen LogP contribution in [0.2, 0.25) is 0 Å². The number of hydrogen-bond acceptors (Lipinski definition) is 6. The lowest BCUT2D eigenvalue weighted by Crippen LogP contribution is -2.38. The Hall–Kier alpha value is -2.64. The Morgan fingerprint density at radius 2 is 1.93 bits per heavy atom. The molecule has 0 radical (unpaired) electrons. The first kappa shape index (κ1) is 22.1. The normalized spacial score (nSPS) is 16.0. The molecule has 1 heterocycles. The predicted octanol–water partition coefficient (Wildman–Crippen LogP) is 2.95. The number of β-amino-alcohol motifs (C(OH)–C–C–N with tert-alkyl or cyclic N) is 1. The van der Waals surface area contributed by atoms with Crippen LogP contribution in [-0.2, 0) is 4.74 Å². The van der Waals surface area contributed by atoms with Gasteiger partial charge in [-0.25, -0.2) is 9.18 Å². The minimum absolute atomic E-state index is 0.143. The molecular weight excluding hydrogens is 387 g/mol. The molecule has 162 valence electrons. The van der Waals surface area contributed by atoms with Crippen LogP contribution < -0.4 is 9.64 Å². The number of nitrogens with zero attached hydrogens (tertiary/aromatic N) is 2. The highest BCUT2D eigenvalue weighted by atomic mass is 19.1. The van der Waals surface area contributed by atoms with Gasteiger partial charge >= 0.3 is 5.97 Å². The second-order valence-electron chi connectivity index (χ2n) is 7.33. The lowest BCUT2D eigenvalue weighted by atomic mass is 10.2. The Bertz CT molecular complexity index is 815. The van der Waals surface area contributed by atoms with Crippen LogP contribution >= 0.6 is 0 Å². The van der Waals surface area contributed by atoms with Crippen molar-refractivity contribution in [1.82, 2.24) is 4.90 Å². The third-order valence-corrected chi connectivity index (χ3v) is 5.04. The second kappa shape index (κ2) is 10.9. The number of aliphatic hydroxyl groups excluding tert-OH is 1. The number of halogens is 1. The number of esters is 1. The largest absolute Gasteiger partial charge is 0.491 e. The van der Waals surface area contributed by atoms with E-state index in [-0.39, 0.29) is 12.4 Å². The van der Waals surface area contributed by atoms with E-state index in [1.54, 1.807) is 43.3 Å². The van der Waals surface area contributed by atoms with Gasteiger partial charge in [-0.3, -0.25) is 4.90 Å². The second-order valence-corrected chi connectivity index (χ2v) is 7.33. The Morgan fingerprint density at radius 1 is 1.13 bits per heavy atom. The number of carbonyl (C=O) groups is 1. The van der Waals surface area contributed by atoms with Gasteiger partial charge in [-0.15, -0.1) is 0 Å². The lowest BCUT2D eigenvalue weighted by Gasteiger charge is -2.25. The van der Waals surface area contributed by atoms with Crippen molar-refractivity contribution in [1.29, 1.82) is 0 Å². The van der Waals surface area contributed by atoms with Crippen LogP contribution in [0.1, 0.15) is 23.7 Å². The monoisotopic (exact) mass is 416 g/mol. The SMILES string of the molecule is CCOC(=O)c1cccc(OCC(O)CN2CCCN(c3ccc(F)cc3)CC2)c1. The number of benzene rings is 2. The minimum atomic E-state index is -0.645. The van der Waals surface area contributed by atoms with Crippen LogP contribution in [0.3, 0.4) is 0 Å². The van der Waals surface area contributed by atoms with Crippen molar-refractivity contribution in [2.24, 2.45) is 0 Å². The zero-order chi connectivity index (χ0) is 21.3. The molecule has 0 spiro atoms. The summed E-state index contributed by atoms with van der Waals surface area (Å²) in [6.07, 6.45) is 0.320. The van der Waals surface area contributed by atoms with E-state index in [4.69, 9.17) is 9.47 Å². The zero-order valence-electron chi connectivity index (χ0n) is 17.3. The Balaban J connectivity index is 1.46. The molecule has 1 atom stereocenters. The van der Waals surface area contributed by atoms with Gasteiger partial charge in [0.2, 0.25) is 0 Å². The van der Waals surface area contributed by atoms with Crippen LogP contribution in [-0.4, -0.2) is 68.0 Å². The van der Waals surface area contributed by atoms with E-state index in [0.717, 1.165) is 38.3 Å². The van der Waals surface area contributed by atoms with Crippen molar-refractivity contribution in [2.75, 3.05) is 50.8 Å². The van der Waals surface area contributed by atoms with Crippen LogP contribution in [0.25, 0.3) is 0 Å². The maximum atomic E-state index is 13.1. The minimum Gasteiger partial charge on any atom is -0.491 e. The average Bonchev–Trinajstić information content (AvgIpc) is 2.99. The molecule has 0 aromatic heterocycles. The van der Waals surface area contributed by atoms with E-state index in [0.29, 0.717) is 24.5 Å². The molecule has 3 rings (SSSR count). The molecule has 0 saturated carbocycles. The maximum Gasteiger partial charge on any atom is 0.338 e. The van der Waals surface area contributed by atoms with Gasteiger partial charge in [0.1, 0.15) is 24.3 Å². The Kier molecular flexibility index (Phi) is 8.04. The predicted molar refractivity (Wildman–Crippen MR) is 114 cm³/mol. The Labute approximate surface area is 176 Å². The summed E-state index contributed by atoms with van der Waals surface area (Å²) in [6.45, 7) is 6.14. The molecule has 1 aliphatic heterocycles. The molecule has 1 N–H and O–H groups in total. The summed E-state index contributed by atoms with van der Waals surface area (Å²) < 4.78 is 23.8. The standard InChI is InChI=1S/C23H29FN2O4/c1-2-29-23(28)18-5-3-6-22(15-18)30-17-21(27)16-25-11-4-12-26(14-13-25)20-9-7-19(24)8-10-20/h3,5-10,15,21,27H,2,4,11-14,16-17H2,1H3. The van der Waals surface area contributed by atoms with Crippen LogP contribution in [0.5, 0.6) is 5.75 Å². The molecule has 7 heteroatoms. The van der Waals surface area contributed by atoms with E-state index < -0.39 is 12.1 Å².